The van der Waals surface area contributed by atoms with Crippen molar-refractivity contribution in [1.29, 1.82) is 0 Å². The van der Waals surface area contributed by atoms with E-state index in [1.807, 2.05) is 25.2 Å². The van der Waals surface area contributed by atoms with Crippen molar-refractivity contribution in [3.8, 4) is 0 Å². The van der Waals surface area contributed by atoms with Gasteiger partial charge >= 0.3 is 6.18 Å². The Labute approximate surface area is 106 Å². The van der Waals surface area contributed by atoms with E-state index in [1.54, 1.807) is 6.08 Å². The predicted molar refractivity (Wildman–Crippen MR) is 66.1 cm³/mol. The average Bonchev–Trinajstić information content (AvgIpc) is 2.80. The number of nitrogens with zero attached hydrogens (tertiary/aromatic N) is 1. The summed E-state index contributed by atoms with van der Waals surface area (Å²) in [5.74, 6) is 0.377. The maximum Gasteiger partial charge on any atom is 0.401 e. The Bertz CT molecular complexity index is 394. The molecule has 18 heavy (non-hydrogen) atoms. The number of allylic oxidation sites excluding steroid dienone is 4. The van der Waals surface area contributed by atoms with Crippen molar-refractivity contribution in [2.45, 2.75) is 19.5 Å². The fourth-order valence-corrected chi connectivity index (χ4v) is 3.10. The van der Waals surface area contributed by atoms with Crippen LogP contribution in [0.3, 0.4) is 0 Å². The summed E-state index contributed by atoms with van der Waals surface area (Å²) in [5, 5.41) is 0. The van der Waals surface area contributed by atoms with Crippen molar-refractivity contribution in [2.75, 3.05) is 19.6 Å². The monoisotopic (exact) mass is 257 g/mol. The van der Waals surface area contributed by atoms with Gasteiger partial charge in [0.1, 0.15) is 0 Å². The van der Waals surface area contributed by atoms with Crippen LogP contribution >= 0.6 is 0 Å². The largest absolute Gasteiger partial charge is 0.401 e. The Morgan fingerprint density at radius 2 is 2.22 bits per heavy atom. The van der Waals surface area contributed by atoms with Gasteiger partial charge in [0, 0.05) is 18.5 Å². The zero-order chi connectivity index (χ0) is 13.4. The lowest BCUT2D eigenvalue weighted by atomic mass is 9.93. The molecule has 2 rings (SSSR count). The highest BCUT2D eigenvalue weighted by atomic mass is 19.4. The molecule has 2 aliphatic rings. The third-order valence-electron chi connectivity index (χ3n) is 3.84. The summed E-state index contributed by atoms with van der Waals surface area (Å²) in [4.78, 5) is 1.52. The molecule has 4 heteroatoms. The summed E-state index contributed by atoms with van der Waals surface area (Å²) in [5.41, 5.74) is 1.07. The highest BCUT2D eigenvalue weighted by Crippen LogP contribution is 2.62. The van der Waals surface area contributed by atoms with E-state index >= 15 is 0 Å². The summed E-state index contributed by atoms with van der Waals surface area (Å²) in [6.45, 7) is 5.89. The molecule has 0 N–H and O–H groups in total. The molecule has 2 unspecified atom stereocenters. The Kier molecular flexibility index (Phi) is 3.41. The van der Waals surface area contributed by atoms with E-state index in [0.29, 0.717) is 19.0 Å². The molecule has 0 radical (unpaired) electrons. The fraction of sp³-hybridized carbons (Fsp3) is 0.571. The number of fused-ring (bicyclic) bond motifs is 1. The second kappa shape index (κ2) is 4.57. The van der Waals surface area contributed by atoms with E-state index < -0.39 is 12.7 Å². The molecule has 1 heterocycles. The molecule has 0 spiro atoms. The molecular weight excluding hydrogens is 239 g/mol. The SMILES string of the molecule is C=C/C=C(\C=C/C)C12CC1CN(CC(F)(F)F)C2. The Morgan fingerprint density at radius 1 is 1.50 bits per heavy atom. The lowest BCUT2D eigenvalue weighted by molar-refractivity contribution is -0.144. The number of hydrogen-bond acceptors (Lipinski definition) is 1. The molecule has 2 fully saturated rings. The minimum Gasteiger partial charge on any atom is -0.294 e. The normalized spacial score (nSPS) is 32.9. The van der Waals surface area contributed by atoms with Crippen LogP contribution in [0.1, 0.15) is 13.3 Å². The van der Waals surface area contributed by atoms with Gasteiger partial charge in [0.25, 0.3) is 0 Å². The molecule has 1 saturated carbocycles. The smallest absolute Gasteiger partial charge is 0.294 e. The van der Waals surface area contributed by atoms with E-state index in [4.69, 9.17) is 0 Å². The first kappa shape index (κ1) is 13.4. The van der Waals surface area contributed by atoms with Crippen molar-refractivity contribution >= 4 is 0 Å². The summed E-state index contributed by atoms with van der Waals surface area (Å²) in [7, 11) is 0. The van der Waals surface area contributed by atoms with Gasteiger partial charge in [-0.1, -0.05) is 30.9 Å². The molecule has 1 nitrogen and oxygen atoms in total. The number of hydrogen-bond donors (Lipinski definition) is 0. The molecule has 0 aromatic rings. The molecule has 0 amide bonds. The van der Waals surface area contributed by atoms with E-state index in [9.17, 15) is 13.2 Å². The van der Waals surface area contributed by atoms with Crippen molar-refractivity contribution in [3.63, 3.8) is 0 Å². The minimum atomic E-state index is -4.10. The number of rotatable bonds is 4. The quantitative estimate of drug-likeness (QED) is 0.696. The molecule has 0 bridgehead atoms. The van der Waals surface area contributed by atoms with Crippen LogP contribution in [0.25, 0.3) is 0 Å². The zero-order valence-corrected chi connectivity index (χ0v) is 10.5. The molecule has 0 aromatic heterocycles. The van der Waals surface area contributed by atoms with Gasteiger partial charge in [0.2, 0.25) is 0 Å². The van der Waals surface area contributed by atoms with Crippen LogP contribution < -0.4 is 0 Å². The van der Waals surface area contributed by atoms with Gasteiger partial charge in [-0.2, -0.15) is 13.2 Å². The maximum atomic E-state index is 12.4. The van der Waals surface area contributed by atoms with Crippen molar-refractivity contribution in [1.82, 2.24) is 4.90 Å². The predicted octanol–water partition coefficient (Wildman–Crippen LogP) is 3.56. The van der Waals surface area contributed by atoms with Gasteiger partial charge < -0.3 is 0 Å². The third kappa shape index (κ3) is 2.53. The van der Waals surface area contributed by atoms with Crippen LogP contribution in [-0.2, 0) is 0 Å². The first-order valence-electron chi connectivity index (χ1n) is 6.16. The van der Waals surface area contributed by atoms with Crippen LogP contribution in [0.4, 0.5) is 13.2 Å². The zero-order valence-electron chi connectivity index (χ0n) is 10.5. The average molecular weight is 257 g/mol. The molecule has 100 valence electrons. The first-order valence-corrected chi connectivity index (χ1v) is 6.16. The molecular formula is C14H18F3N. The van der Waals surface area contributed by atoms with Gasteiger partial charge in [0.15, 0.2) is 0 Å². The van der Waals surface area contributed by atoms with E-state index in [-0.39, 0.29) is 5.41 Å². The lowest BCUT2D eigenvalue weighted by Crippen LogP contribution is -2.35. The number of halogens is 3. The van der Waals surface area contributed by atoms with Crippen LogP contribution in [0.5, 0.6) is 0 Å². The standard InChI is InChI=1S/C14H18F3N/c1-3-5-11(6-4-2)13-7-12(13)8-18(9-13)10-14(15,16)17/h3-6,12H,1,7-10H2,2H3/b6-4-,11-5+. The van der Waals surface area contributed by atoms with Gasteiger partial charge in [-0.25, -0.2) is 0 Å². The number of piperidine rings is 1. The molecule has 0 aromatic carbocycles. The van der Waals surface area contributed by atoms with Crippen LogP contribution in [0.2, 0.25) is 0 Å². The third-order valence-corrected chi connectivity index (χ3v) is 3.84. The number of likely N-dealkylation sites (tertiary alicyclic amines) is 1. The molecule has 1 saturated heterocycles. The van der Waals surface area contributed by atoms with Crippen LogP contribution in [0.15, 0.2) is 36.5 Å². The van der Waals surface area contributed by atoms with Crippen molar-refractivity contribution in [3.05, 3.63) is 36.5 Å². The van der Waals surface area contributed by atoms with Gasteiger partial charge in [-0.15, -0.1) is 0 Å². The summed E-state index contributed by atoms with van der Waals surface area (Å²) in [6.07, 6.45) is 4.49. The molecule has 1 aliphatic heterocycles. The Balaban J connectivity index is 2.08. The maximum absolute atomic E-state index is 12.4. The number of alkyl halides is 3. The van der Waals surface area contributed by atoms with E-state index in [2.05, 4.69) is 6.58 Å². The summed E-state index contributed by atoms with van der Waals surface area (Å²) in [6, 6.07) is 0. The topological polar surface area (TPSA) is 3.24 Å². The van der Waals surface area contributed by atoms with Gasteiger partial charge in [-0.05, 0) is 24.8 Å². The Hall–Kier alpha value is -1.03. The summed E-state index contributed by atoms with van der Waals surface area (Å²) >= 11 is 0. The van der Waals surface area contributed by atoms with Crippen LogP contribution in [-0.4, -0.2) is 30.7 Å². The Morgan fingerprint density at radius 3 is 2.78 bits per heavy atom. The van der Waals surface area contributed by atoms with E-state index in [1.165, 1.54) is 4.90 Å². The first-order chi connectivity index (χ1) is 8.41. The second-order valence-corrected chi connectivity index (χ2v) is 5.20. The van der Waals surface area contributed by atoms with Gasteiger partial charge in [0.05, 0.1) is 6.54 Å². The fourth-order valence-electron chi connectivity index (χ4n) is 3.10. The van der Waals surface area contributed by atoms with Gasteiger partial charge in [-0.3, -0.25) is 4.90 Å². The summed E-state index contributed by atoms with van der Waals surface area (Å²) < 4.78 is 37.2. The second-order valence-electron chi connectivity index (χ2n) is 5.20. The lowest BCUT2D eigenvalue weighted by Gasteiger charge is -2.22. The van der Waals surface area contributed by atoms with Crippen LogP contribution in [0, 0.1) is 11.3 Å². The van der Waals surface area contributed by atoms with Crippen molar-refractivity contribution < 1.29 is 13.2 Å². The molecule has 2 atom stereocenters. The highest BCUT2D eigenvalue weighted by Gasteiger charge is 2.61. The molecule has 1 aliphatic carbocycles. The minimum absolute atomic E-state index is 0.0497. The van der Waals surface area contributed by atoms with E-state index in [0.717, 1.165) is 12.0 Å². The van der Waals surface area contributed by atoms with Crippen molar-refractivity contribution in [2.24, 2.45) is 11.3 Å². The highest BCUT2D eigenvalue weighted by molar-refractivity contribution is 5.39.